The van der Waals surface area contributed by atoms with Gasteiger partial charge in [0, 0.05) is 5.41 Å². The van der Waals surface area contributed by atoms with Crippen LogP contribution in [0.2, 0.25) is 0 Å². The Morgan fingerprint density at radius 3 is 1.71 bits per heavy atom. The number of aromatic hydroxyl groups is 2. The fourth-order valence-corrected chi connectivity index (χ4v) is 2.71. The zero-order valence-electron chi connectivity index (χ0n) is 13.7. The summed E-state index contributed by atoms with van der Waals surface area (Å²) in [7, 11) is 2.86. The molecule has 2 aromatic carbocycles. The Morgan fingerprint density at radius 2 is 1.38 bits per heavy atom. The lowest BCUT2D eigenvalue weighted by atomic mass is 9.73. The number of carboxylic acid groups (broad SMARTS) is 1. The molecule has 0 heterocycles. The lowest BCUT2D eigenvalue weighted by molar-refractivity contribution is -0.138. The molecule has 2 rings (SSSR count). The van der Waals surface area contributed by atoms with E-state index in [-0.39, 0.29) is 29.4 Å². The molecule has 0 amide bonds. The molecule has 0 aliphatic rings. The Balaban J connectivity index is 2.64. The lowest BCUT2D eigenvalue weighted by Gasteiger charge is -2.30. The number of methoxy groups -OCH3 is 2. The molecule has 0 aliphatic carbocycles. The third-order valence-electron chi connectivity index (χ3n) is 4.14. The van der Waals surface area contributed by atoms with Crippen molar-refractivity contribution in [2.75, 3.05) is 14.2 Å². The van der Waals surface area contributed by atoms with Crippen LogP contribution in [-0.2, 0) is 10.2 Å². The van der Waals surface area contributed by atoms with Gasteiger partial charge in [0.25, 0.3) is 0 Å². The summed E-state index contributed by atoms with van der Waals surface area (Å²) >= 11 is 0. The van der Waals surface area contributed by atoms with Gasteiger partial charge in [-0.25, -0.2) is 0 Å². The van der Waals surface area contributed by atoms with Crippen LogP contribution in [0, 0.1) is 0 Å². The molecule has 0 unspecified atom stereocenters. The van der Waals surface area contributed by atoms with Crippen molar-refractivity contribution in [3.05, 3.63) is 47.5 Å². The molecule has 24 heavy (non-hydrogen) atoms. The molecule has 0 aliphatic heterocycles. The van der Waals surface area contributed by atoms with Gasteiger partial charge in [0.05, 0.1) is 20.6 Å². The van der Waals surface area contributed by atoms with Crippen molar-refractivity contribution in [1.29, 1.82) is 0 Å². The van der Waals surface area contributed by atoms with Crippen LogP contribution in [-0.4, -0.2) is 35.5 Å². The van der Waals surface area contributed by atoms with Gasteiger partial charge in [-0.1, -0.05) is 19.1 Å². The van der Waals surface area contributed by atoms with E-state index in [9.17, 15) is 20.1 Å². The first-order chi connectivity index (χ1) is 11.3. The van der Waals surface area contributed by atoms with Crippen LogP contribution in [0.3, 0.4) is 0 Å². The molecule has 0 saturated heterocycles. The fourth-order valence-electron chi connectivity index (χ4n) is 2.71. The highest BCUT2D eigenvalue weighted by Crippen LogP contribution is 2.41. The zero-order valence-corrected chi connectivity index (χ0v) is 13.7. The molecule has 6 heteroatoms. The molecule has 0 fully saturated rings. The van der Waals surface area contributed by atoms with Crippen molar-refractivity contribution in [2.45, 2.75) is 18.8 Å². The fraction of sp³-hybridized carbons (Fsp3) is 0.278. The number of phenols is 2. The summed E-state index contributed by atoms with van der Waals surface area (Å²) in [5.41, 5.74) is 0.410. The van der Waals surface area contributed by atoms with E-state index in [1.54, 1.807) is 31.2 Å². The van der Waals surface area contributed by atoms with Crippen LogP contribution >= 0.6 is 0 Å². The Labute approximate surface area is 139 Å². The zero-order chi connectivity index (χ0) is 17.9. The Bertz CT molecular complexity index is 700. The minimum atomic E-state index is -0.975. The van der Waals surface area contributed by atoms with Crippen LogP contribution in [0.4, 0.5) is 0 Å². The van der Waals surface area contributed by atoms with Crippen LogP contribution in [0.1, 0.15) is 24.5 Å². The molecule has 2 aromatic rings. The number of ether oxygens (including phenoxy) is 2. The number of hydrogen-bond donors (Lipinski definition) is 3. The molecule has 0 radical (unpaired) electrons. The third kappa shape index (κ3) is 3.22. The van der Waals surface area contributed by atoms with Crippen molar-refractivity contribution in [3.8, 4) is 23.0 Å². The van der Waals surface area contributed by atoms with Crippen LogP contribution in [0.5, 0.6) is 23.0 Å². The van der Waals surface area contributed by atoms with Crippen molar-refractivity contribution in [3.63, 3.8) is 0 Å². The maximum Gasteiger partial charge on any atom is 0.304 e. The second kappa shape index (κ2) is 6.70. The van der Waals surface area contributed by atoms with E-state index in [0.29, 0.717) is 11.1 Å². The quantitative estimate of drug-likeness (QED) is 0.753. The van der Waals surface area contributed by atoms with Gasteiger partial charge in [-0.05, 0) is 35.4 Å². The molecule has 0 atom stereocenters. The molecule has 6 nitrogen and oxygen atoms in total. The molecule has 0 spiro atoms. The number of hydrogen-bond acceptors (Lipinski definition) is 5. The van der Waals surface area contributed by atoms with E-state index in [4.69, 9.17) is 9.47 Å². The van der Waals surface area contributed by atoms with E-state index in [1.807, 2.05) is 0 Å². The largest absolute Gasteiger partial charge is 0.504 e. The smallest absolute Gasteiger partial charge is 0.304 e. The summed E-state index contributed by atoms with van der Waals surface area (Å²) in [4.78, 5) is 11.4. The van der Waals surface area contributed by atoms with Crippen molar-refractivity contribution in [2.24, 2.45) is 0 Å². The maximum absolute atomic E-state index is 11.4. The van der Waals surface area contributed by atoms with Gasteiger partial charge >= 0.3 is 5.97 Å². The first kappa shape index (κ1) is 17.5. The molecule has 0 bridgehead atoms. The van der Waals surface area contributed by atoms with E-state index in [2.05, 4.69) is 0 Å². The molecule has 0 saturated carbocycles. The van der Waals surface area contributed by atoms with Crippen molar-refractivity contribution >= 4 is 5.97 Å². The van der Waals surface area contributed by atoms with Crippen LogP contribution in [0.15, 0.2) is 36.4 Å². The summed E-state index contributed by atoms with van der Waals surface area (Å²) < 4.78 is 10.2. The molecule has 128 valence electrons. The Kier molecular flexibility index (Phi) is 4.87. The molecule has 0 aromatic heterocycles. The topological polar surface area (TPSA) is 96.2 Å². The summed E-state index contributed by atoms with van der Waals surface area (Å²) in [6.45, 7) is 1.78. The number of carboxylic acids is 1. The second-order valence-corrected chi connectivity index (χ2v) is 5.68. The average molecular weight is 332 g/mol. The number of benzene rings is 2. The predicted molar refractivity (Wildman–Crippen MR) is 88.0 cm³/mol. The van der Waals surface area contributed by atoms with Crippen molar-refractivity contribution in [1.82, 2.24) is 0 Å². The Morgan fingerprint density at radius 1 is 0.958 bits per heavy atom. The van der Waals surface area contributed by atoms with Gasteiger partial charge in [0.15, 0.2) is 23.0 Å². The third-order valence-corrected chi connectivity index (χ3v) is 4.14. The van der Waals surface area contributed by atoms with E-state index in [0.717, 1.165) is 0 Å². The SMILES string of the molecule is COc1cc(C(C)(CC(=O)O)c2ccc(O)c(OC)c2)ccc1O. The summed E-state index contributed by atoms with van der Waals surface area (Å²) in [5, 5.41) is 28.9. The van der Waals surface area contributed by atoms with Gasteiger partial charge in [0.2, 0.25) is 0 Å². The van der Waals surface area contributed by atoms with Gasteiger partial charge in [0.1, 0.15) is 0 Å². The highest BCUT2D eigenvalue weighted by molar-refractivity contribution is 5.71. The van der Waals surface area contributed by atoms with E-state index in [1.165, 1.54) is 26.4 Å². The predicted octanol–water partition coefficient (Wildman–Crippen LogP) is 2.90. The minimum absolute atomic E-state index is 0.0257. The van der Waals surface area contributed by atoms with Gasteiger partial charge in [-0.15, -0.1) is 0 Å². The van der Waals surface area contributed by atoms with Gasteiger partial charge < -0.3 is 24.8 Å². The highest BCUT2D eigenvalue weighted by atomic mass is 16.5. The van der Waals surface area contributed by atoms with Crippen molar-refractivity contribution < 1.29 is 29.6 Å². The van der Waals surface area contributed by atoms with E-state index < -0.39 is 11.4 Å². The monoisotopic (exact) mass is 332 g/mol. The van der Waals surface area contributed by atoms with Gasteiger partial charge in [-0.2, -0.15) is 0 Å². The number of carbonyl (C=O) groups is 1. The summed E-state index contributed by atoms with van der Waals surface area (Å²) in [5.74, 6) is -0.509. The first-order valence-corrected chi connectivity index (χ1v) is 7.28. The van der Waals surface area contributed by atoms with Crippen LogP contribution in [0.25, 0.3) is 0 Å². The first-order valence-electron chi connectivity index (χ1n) is 7.28. The molecule has 3 N–H and O–H groups in total. The standard InChI is InChI=1S/C18H20O6/c1-18(10-17(21)22,11-4-6-13(19)15(8-11)23-2)12-5-7-14(20)16(9-12)24-3/h4-9,19-20H,10H2,1-3H3,(H,21,22). The summed E-state index contributed by atoms with van der Waals surface area (Å²) in [6, 6.07) is 9.45. The maximum atomic E-state index is 11.4. The molecular weight excluding hydrogens is 312 g/mol. The number of phenolic OH excluding ortho intramolecular Hbond substituents is 2. The second-order valence-electron chi connectivity index (χ2n) is 5.68. The average Bonchev–Trinajstić information content (AvgIpc) is 2.54. The summed E-state index contributed by atoms with van der Waals surface area (Å²) in [6.07, 6.45) is -0.186. The molecular formula is C18H20O6. The van der Waals surface area contributed by atoms with Gasteiger partial charge in [-0.3, -0.25) is 4.79 Å². The number of rotatable bonds is 6. The lowest BCUT2D eigenvalue weighted by Crippen LogP contribution is -2.27. The van der Waals surface area contributed by atoms with Crippen LogP contribution < -0.4 is 9.47 Å². The highest BCUT2D eigenvalue weighted by Gasteiger charge is 2.33. The number of aliphatic carboxylic acids is 1. The normalized spacial score (nSPS) is 11.1. The minimum Gasteiger partial charge on any atom is -0.504 e. The van der Waals surface area contributed by atoms with E-state index >= 15 is 0 Å². The Hall–Kier alpha value is -2.89.